The second-order valence-electron chi connectivity index (χ2n) is 7.09. The van der Waals surface area contributed by atoms with E-state index >= 15 is 0 Å². The zero-order valence-electron chi connectivity index (χ0n) is 13.0. The molecule has 2 rings (SSSR count). The Labute approximate surface area is 121 Å². The highest BCUT2D eigenvalue weighted by molar-refractivity contribution is 5.81. The fourth-order valence-electron chi connectivity index (χ4n) is 2.42. The fourth-order valence-corrected chi connectivity index (χ4v) is 2.42. The van der Waals surface area contributed by atoms with Crippen LogP contribution in [-0.2, 0) is 0 Å². The van der Waals surface area contributed by atoms with Crippen molar-refractivity contribution in [2.24, 2.45) is 21.9 Å². The number of rotatable bonds is 4. The Hall–Kier alpha value is -1.27. The highest BCUT2D eigenvalue weighted by atomic mass is 15.4. The van der Waals surface area contributed by atoms with Gasteiger partial charge in [0, 0.05) is 19.1 Å². The molecule has 0 spiro atoms. The molecule has 0 aromatic heterocycles. The lowest BCUT2D eigenvalue weighted by molar-refractivity contribution is 0.166. The maximum atomic E-state index is 6.40. The summed E-state index contributed by atoms with van der Waals surface area (Å²) in [4.78, 5) is 6.63. The van der Waals surface area contributed by atoms with Crippen LogP contribution in [0.25, 0.3) is 0 Å². The number of hydrogen-bond acceptors (Lipinski definition) is 6. The van der Waals surface area contributed by atoms with Gasteiger partial charge in [0.25, 0.3) is 0 Å². The van der Waals surface area contributed by atoms with E-state index in [1.165, 1.54) is 0 Å². The molecule has 114 valence electrons. The molecule has 0 aliphatic carbocycles. The first-order chi connectivity index (χ1) is 9.21. The standard InChI is InChI=1S/C14H28N6/c1-13(2,3)5-6-14(16)7-11(18-12(15)19-14)20-8-10(9-20)17-4/h7,10,17H,5-6,8-9,16H2,1-4H3,(H3,15,18,19). The van der Waals surface area contributed by atoms with Crippen molar-refractivity contribution < 1.29 is 0 Å². The van der Waals surface area contributed by atoms with E-state index < -0.39 is 5.66 Å². The third-order valence-corrected chi connectivity index (χ3v) is 3.88. The van der Waals surface area contributed by atoms with E-state index in [9.17, 15) is 0 Å². The quantitative estimate of drug-likeness (QED) is 0.587. The molecule has 6 heteroatoms. The van der Waals surface area contributed by atoms with Crippen molar-refractivity contribution >= 4 is 5.96 Å². The fraction of sp³-hybridized carbons (Fsp3) is 0.786. The van der Waals surface area contributed by atoms with Crippen molar-refractivity contribution in [1.82, 2.24) is 15.5 Å². The van der Waals surface area contributed by atoms with Crippen LogP contribution < -0.4 is 22.1 Å². The summed E-state index contributed by atoms with van der Waals surface area (Å²) in [6.07, 6.45) is 3.82. The van der Waals surface area contributed by atoms with E-state index in [2.05, 4.69) is 41.3 Å². The maximum Gasteiger partial charge on any atom is 0.196 e. The molecule has 1 saturated heterocycles. The molecule has 0 saturated carbocycles. The van der Waals surface area contributed by atoms with Crippen LogP contribution in [0.5, 0.6) is 0 Å². The van der Waals surface area contributed by atoms with Gasteiger partial charge in [0.2, 0.25) is 0 Å². The van der Waals surface area contributed by atoms with Crippen molar-refractivity contribution in [3.8, 4) is 0 Å². The molecular formula is C14H28N6. The number of guanidine groups is 1. The zero-order valence-corrected chi connectivity index (χ0v) is 13.0. The summed E-state index contributed by atoms with van der Waals surface area (Å²) in [6, 6.07) is 0.541. The summed E-state index contributed by atoms with van der Waals surface area (Å²) in [5.74, 6) is 1.40. The van der Waals surface area contributed by atoms with Gasteiger partial charge in [-0.2, -0.15) is 0 Å². The van der Waals surface area contributed by atoms with Crippen LogP contribution >= 0.6 is 0 Å². The summed E-state index contributed by atoms with van der Waals surface area (Å²) >= 11 is 0. The van der Waals surface area contributed by atoms with Gasteiger partial charge in [-0.1, -0.05) is 20.8 Å². The van der Waals surface area contributed by atoms with E-state index in [1.54, 1.807) is 0 Å². The van der Waals surface area contributed by atoms with Crippen LogP contribution in [0, 0.1) is 5.41 Å². The monoisotopic (exact) mass is 280 g/mol. The van der Waals surface area contributed by atoms with Crippen molar-refractivity contribution in [1.29, 1.82) is 0 Å². The normalized spacial score (nSPS) is 27.6. The highest BCUT2D eigenvalue weighted by Crippen LogP contribution is 2.28. The lowest BCUT2D eigenvalue weighted by Crippen LogP contribution is -2.60. The van der Waals surface area contributed by atoms with Crippen LogP contribution in [0.15, 0.2) is 16.9 Å². The molecular weight excluding hydrogens is 252 g/mol. The van der Waals surface area contributed by atoms with Gasteiger partial charge in [-0.3, -0.25) is 0 Å². The minimum atomic E-state index is -0.692. The number of nitrogens with one attached hydrogen (secondary N) is 2. The van der Waals surface area contributed by atoms with E-state index in [0.717, 1.165) is 31.8 Å². The van der Waals surface area contributed by atoms with E-state index in [4.69, 9.17) is 11.5 Å². The van der Waals surface area contributed by atoms with Gasteiger partial charge in [0.1, 0.15) is 11.5 Å². The predicted octanol–water partition coefficient (Wildman–Crippen LogP) is 0.131. The zero-order chi connectivity index (χ0) is 15.0. The van der Waals surface area contributed by atoms with Gasteiger partial charge < -0.3 is 27.0 Å². The van der Waals surface area contributed by atoms with Crippen LogP contribution in [0.2, 0.25) is 0 Å². The number of likely N-dealkylation sites (tertiary alicyclic amines) is 1. The Balaban J connectivity index is 2.04. The van der Waals surface area contributed by atoms with Gasteiger partial charge in [-0.25, -0.2) is 4.99 Å². The second kappa shape index (κ2) is 5.26. The average molecular weight is 280 g/mol. The number of aliphatic imine (C=N–C) groups is 1. The number of likely N-dealkylation sites (N-methyl/N-ethyl adjacent to an activating group) is 1. The Bertz CT molecular complexity index is 416. The molecule has 6 nitrogen and oxygen atoms in total. The summed E-state index contributed by atoms with van der Waals surface area (Å²) in [6.45, 7) is 8.57. The lowest BCUT2D eigenvalue weighted by atomic mass is 9.86. The van der Waals surface area contributed by atoms with Crippen LogP contribution in [0.3, 0.4) is 0 Å². The number of hydrogen-bond donors (Lipinski definition) is 4. The Morgan fingerprint density at radius 1 is 1.50 bits per heavy atom. The second-order valence-corrected chi connectivity index (χ2v) is 7.09. The molecule has 2 aliphatic rings. The highest BCUT2D eigenvalue weighted by Gasteiger charge is 2.33. The van der Waals surface area contributed by atoms with E-state index in [-0.39, 0.29) is 5.41 Å². The first-order valence-electron chi connectivity index (χ1n) is 7.27. The SMILES string of the molecule is CNC1CN(C2=CC(N)(CCC(C)(C)C)N=C(N)N2)C1. The molecule has 0 bridgehead atoms. The first kappa shape index (κ1) is 15.1. The Morgan fingerprint density at radius 2 is 2.15 bits per heavy atom. The first-order valence-corrected chi connectivity index (χ1v) is 7.27. The topological polar surface area (TPSA) is 91.7 Å². The summed E-state index contributed by atoms with van der Waals surface area (Å²) in [5, 5.41) is 6.38. The molecule has 1 atom stereocenters. The van der Waals surface area contributed by atoms with Gasteiger partial charge >= 0.3 is 0 Å². The third-order valence-electron chi connectivity index (χ3n) is 3.88. The molecule has 1 unspecified atom stereocenters. The van der Waals surface area contributed by atoms with E-state index in [0.29, 0.717) is 12.0 Å². The largest absolute Gasteiger partial charge is 0.370 e. The number of nitrogens with two attached hydrogens (primary N) is 2. The third kappa shape index (κ3) is 3.64. The molecule has 0 amide bonds. The van der Waals surface area contributed by atoms with Gasteiger partial charge in [-0.15, -0.1) is 0 Å². The summed E-state index contributed by atoms with van der Waals surface area (Å²) in [5.41, 5.74) is 11.9. The summed E-state index contributed by atoms with van der Waals surface area (Å²) < 4.78 is 0. The van der Waals surface area contributed by atoms with Crippen molar-refractivity contribution in [2.45, 2.75) is 45.3 Å². The molecule has 0 aromatic rings. The maximum absolute atomic E-state index is 6.40. The van der Waals surface area contributed by atoms with Gasteiger partial charge in [0.05, 0.1) is 0 Å². The summed E-state index contributed by atoms with van der Waals surface area (Å²) in [7, 11) is 1.98. The van der Waals surface area contributed by atoms with Crippen molar-refractivity contribution in [3.05, 3.63) is 11.9 Å². The molecule has 20 heavy (non-hydrogen) atoms. The average Bonchev–Trinajstić information content (AvgIpc) is 2.23. The van der Waals surface area contributed by atoms with Crippen LogP contribution in [-0.4, -0.2) is 42.7 Å². The molecule has 1 fully saturated rings. The number of nitrogens with zero attached hydrogens (tertiary/aromatic N) is 2. The Morgan fingerprint density at radius 3 is 2.70 bits per heavy atom. The minimum Gasteiger partial charge on any atom is -0.370 e. The van der Waals surface area contributed by atoms with E-state index in [1.807, 2.05) is 13.1 Å². The molecule has 0 radical (unpaired) electrons. The molecule has 6 N–H and O–H groups in total. The Kier molecular flexibility index (Phi) is 3.97. The van der Waals surface area contributed by atoms with Gasteiger partial charge in [0.15, 0.2) is 5.96 Å². The van der Waals surface area contributed by atoms with Crippen LogP contribution in [0.1, 0.15) is 33.6 Å². The molecule has 0 aromatic carbocycles. The smallest absolute Gasteiger partial charge is 0.196 e. The van der Waals surface area contributed by atoms with Gasteiger partial charge in [-0.05, 0) is 31.4 Å². The molecule has 2 heterocycles. The van der Waals surface area contributed by atoms with Crippen LogP contribution in [0.4, 0.5) is 0 Å². The van der Waals surface area contributed by atoms with Crippen molar-refractivity contribution in [2.75, 3.05) is 20.1 Å². The lowest BCUT2D eigenvalue weighted by Gasteiger charge is -2.44. The predicted molar refractivity (Wildman–Crippen MR) is 82.9 cm³/mol. The van der Waals surface area contributed by atoms with Crippen molar-refractivity contribution in [3.63, 3.8) is 0 Å². The minimum absolute atomic E-state index is 0.240. The molecule has 2 aliphatic heterocycles.